The van der Waals surface area contributed by atoms with Gasteiger partial charge in [0, 0.05) is 36.8 Å². The van der Waals surface area contributed by atoms with Crippen molar-refractivity contribution in [3.05, 3.63) is 40.2 Å². The second kappa shape index (κ2) is 33.5. The van der Waals surface area contributed by atoms with Crippen LogP contribution in [0.5, 0.6) is 0 Å². The molecule has 26 heteroatoms. The van der Waals surface area contributed by atoms with Crippen molar-refractivity contribution >= 4 is 82.0 Å². The molecule has 2 heterocycles. The van der Waals surface area contributed by atoms with Crippen LogP contribution in [0.4, 0.5) is 11.5 Å². The van der Waals surface area contributed by atoms with Crippen LogP contribution in [0, 0.1) is 41.4 Å². The van der Waals surface area contributed by atoms with Gasteiger partial charge in [-0.15, -0.1) is 23.7 Å². The molecule has 0 bridgehead atoms. The maximum absolute atomic E-state index is 14.8. The van der Waals surface area contributed by atoms with E-state index in [1.807, 2.05) is 34.7 Å². The first-order chi connectivity index (χ1) is 37.8. The molecule has 1 aromatic carbocycles. The van der Waals surface area contributed by atoms with Gasteiger partial charge in [0.1, 0.15) is 22.8 Å². The third kappa shape index (κ3) is 22.6. The molecular formula is C54H81N11O14S. The van der Waals surface area contributed by atoms with Crippen LogP contribution in [0.15, 0.2) is 29.6 Å². The van der Waals surface area contributed by atoms with Gasteiger partial charge in [-0.1, -0.05) is 46.2 Å². The number of carbonyl (C=O) groups is 10. The number of nitrogens with one attached hydrogen (secondary N) is 7. The molecule has 80 heavy (non-hydrogen) atoms. The Balaban J connectivity index is 1.74. The second-order valence-corrected chi connectivity index (χ2v) is 21.6. The van der Waals surface area contributed by atoms with Crippen LogP contribution in [0.1, 0.15) is 117 Å². The normalized spacial score (nSPS) is 15.8. The lowest BCUT2D eigenvalue weighted by Gasteiger charge is -2.38. The zero-order chi connectivity index (χ0) is 59.7. The highest BCUT2D eigenvalue weighted by atomic mass is 32.1. The van der Waals surface area contributed by atoms with E-state index in [1.165, 1.54) is 25.8 Å². The lowest BCUT2D eigenvalue weighted by Crippen LogP contribution is -2.55. The van der Waals surface area contributed by atoms with Crippen molar-refractivity contribution in [3.63, 3.8) is 0 Å². The van der Waals surface area contributed by atoms with E-state index in [1.54, 1.807) is 29.6 Å². The number of likely N-dealkylation sites (tertiary alicyclic amines) is 1. The first kappa shape index (κ1) is 67.2. The first-order valence-corrected chi connectivity index (χ1v) is 27.6. The van der Waals surface area contributed by atoms with Crippen LogP contribution in [-0.2, 0) is 63.9 Å². The van der Waals surface area contributed by atoms with E-state index in [0.717, 1.165) is 37.1 Å². The van der Waals surface area contributed by atoms with Crippen LogP contribution >= 0.6 is 11.3 Å². The van der Waals surface area contributed by atoms with E-state index in [0.29, 0.717) is 30.5 Å². The Morgan fingerprint density at radius 2 is 1.51 bits per heavy atom. The molecule has 1 aliphatic rings. The van der Waals surface area contributed by atoms with E-state index in [4.69, 9.17) is 26.8 Å². The summed E-state index contributed by atoms with van der Waals surface area (Å²) in [7, 11) is 1.94. The van der Waals surface area contributed by atoms with Gasteiger partial charge < -0.3 is 57.9 Å². The Morgan fingerprint density at radius 1 is 0.900 bits per heavy atom. The number of benzene rings is 1. The number of unbranched alkanes of at least 4 members (excludes halogenated alkanes) is 1. The quantitative estimate of drug-likeness (QED) is 0.0159. The summed E-state index contributed by atoms with van der Waals surface area (Å²) in [5.74, 6) is -6.82. The zero-order valence-electron chi connectivity index (χ0n) is 47.0. The summed E-state index contributed by atoms with van der Waals surface area (Å²) in [6, 6.07) is 4.45. The number of hydrogen-bond donors (Lipinski definition) is 10. The molecule has 442 valence electrons. The number of nitrogens with zero attached hydrogens (tertiary/aromatic N) is 3. The monoisotopic (exact) mass is 1140 g/mol. The number of aromatic nitrogens is 1. The molecule has 0 saturated carbocycles. The fourth-order valence-corrected chi connectivity index (χ4v) is 9.21. The molecule has 2 aromatic rings. The molecule has 8 amide bonds. The minimum atomic E-state index is -1.34. The number of aliphatic carboxylic acids is 1. The van der Waals surface area contributed by atoms with Gasteiger partial charge in [-0.3, -0.25) is 57.7 Å². The number of esters is 1. The number of amides is 8. The molecule has 1 saturated heterocycles. The molecular weight excluding hydrogens is 1060 g/mol. The average molecular weight is 1140 g/mol. The second-order valence-electron chi connectivity index (χ2n) is 20.8. The van der Waals surface area contributed by atoms with E-state index >= 15 is 0 Å². The van der Waals surface area contributed by atoms with Crippen molar-refractivity contribution < 1.29 is 67.7 Å². The number of ether oxygens (including phenoxy) is 1. The van der Waals surface area contributed by atoms with Gasteiger partial charge >= 0.3 is 11.9 Å². The lowest BCUT2D eigenvalue weighted by molar-refractivity contribution is -0.215. The molecule has 1 fully saturated rings. The Bertz CT molecular complexity index is 2480. The van der Waals surface area contributed by atoms with Crippen molar-refractivity contribution in [3.8, 4) is 12.3 Å². The number of rotatable bonds is 33. The number of carbonyl (C=O) groups excluding carboxylic acids is 9. The molecule has 0 unspecified atom stereocenters. The van der Waals surface area contributed by atoms with Gasteiger partial charge in [0.15, 0.2) is 6.10 Å². The van der Waals surface area contributed by atoms with Gasteiger partial charge in [-0.05, 0) is 95.5 Å². The number of hydroxylamine groups is 2. The molecule has 0 spiro atoms. The summed E-state index contributed by atoms with van der Waals surface area (Å²) in [5, 5.41) is 39.6. The summed E-state index contributed by atoms with van der Waals surface area (Å²) in [6.07, 6.45) is 8.26. The Morgan fingerprint density at radius 3 is 2.06 bits per heavy atom. The van der Waals surface area contributed by atoms with Crippen molar-refractivity contribution in [2.24, 2.45) is 34.8 Å². The van der Waals surface area contributed by atoms with Crippen LogP contribution in [-0.4, -0.2) is 156 Å². The minimum absolute atomic E-state index is 0.000291. The lowest BCUT2D eigenvalue weighted by atomic mass is 9.80. The van der Waals surface area contributed by atoms with Gasteiger partial charge in [0.05, 0.1) is 57.0 Å². The third-order valence-electron chi connectivity index (χ3n) is 13.4. The van der Waals surface area contributed by atoms with Crippen LogP contribution in [0.3, 0.4) is 0 Å². The Hall–Kier alpha value is -7.05. The predicted octanol–water partition coefficient (Wildman–Crippen LogP) is 1.58. The number of aliphatic hydroxyl groups is 1. The summed E-state index contributed by atoms with van der Waals surface area (Å²) in [6.45, 7) is 10.0. The zero-order valence-corrected chi connectivity index (χ0v) is 47.8. The molecule has 0 aliphatic carbocycles. The molecule has 25 nitrogen and oxygen atoms in total. The molecule has 11 N–H and O–H groups in total. The van der Waals surface area contributed by atoms with Gasteiger partial charge in [0.2, 0.25) is 41.4 Å². The standard InChI is InChI=1S/C54H81N11O14S/c1-10-12-15-22-78-65(52(75)47(33(5)11-2)50(74)63-42-16-13-14-21-64(42)9)39(32(3)4)24-40(79-34(6)67)51-62-41(31-80-51)61-48(72)36(25-54(7,8)53(76)77)23-35-17-19-37(20-18-35)60-46(71)29-58-44(69)27-56-43(68)26-57-45(70)28-59-49(73)38(55)30-66/h1,17-20,31-33,36,38-40,42,47,66H,11-16,21-30,55H2,2-9H3,(H,56,68)(H,57,70)(H,58,69)(H,59,73)(H,60,71)(H,61,72)(H,63,74)(H,76,77)/t33-,36-,38-,39+,40+,42+,47-/m0/s1. The molecule has 1 aliphatic heterocycles. The number of hydrogen-bond acceptors (Lipinski definition) is 17. The number of nitrogens with two attached hydrogens (primary N) is 1. The number of piperidine rings is 1. The topological polar surface area (TPSA) is 359 Å². The van der Waals surface area contributed by atoms with Gasteiger partial charge in [0.25, 0.3) is 5.91 Å². The number of carboxylic acid groups (broad SMARTS) is 1. The maximum Gasteiger partial charge on any atom is 0.309 e. The highest BCUT2D eigenvalue weighted by Gasteiger charge is 2.42. The average Bonchev–Trinajstić information content (AvgIpc) is 3.93. The Kier molecular flexibility index (Phi) is 28.2. The van der Waals surface area contributed by atoms with Crippen LogP contribution in [0.2, 0.25) is 0 Å². The van der Waals surface area contributed by atoms with Crippen LogP contribution < -0.4 is 43.0 Å². The van der Waals surface area contributed by atoms with Gasteiger partial charge in [-0.2, -0.15) is 0 Å². The fourth-order valence-electron chi connectivity index (χ4n) is 8.42. The van der Waals surface area contributed by atoms with Crippen molar-refractivity contribution in [2.75, 3.05) is 63.6 Å². The fraction of sp³-hybridized carbons (Fsp3) is 0.611. The molecule has 1 aromatic heterocycles. The molecule has 7 atom stereocenters. The first-order valence-electron chi connectivity index (χ1n) is 26.7. The van der Waals surface area contributed by atoms with E-state index in [9.17, 15) is 53.1 Å². The van der Waals surface area contributed by atoms with E-state index in [2.05, 4.69) is 53.0 Å². The smallest absolute Gasteiger partial charge is 0.309 e. The molecule has 3 rings (SSSR count). The SMILES string of the molecule is C#CCCCON(C(=O)[C@H](C(=O)N[C@H]1CCCCN1C)[C@@H](C)CC)[C@H](C[C@@H](OC(C)=O)c1nc(NC(=O)[C@@H](Cc2ccc(NC(=O)CNC(=O)CNC(=O)CNC(=O)CNC(=O)[C@@H](N)CO)cc2)CC(C)(C)C(=O)O)cs1)C(C)C. The van der Waals surface area contributed by atoms with E-state index in [-0.39, 0.29) is 54.7 Å². The van der Waals surface area contributed by atoms with Crippen LogP contribution in [0.25, 0.3) is 0 Å². The van der Waals surface area contributed by atoms with E-state index < -0.39 is 127 Å². The van der Waals surface area contributed by atoms with Crippen molar-refractivity contribution in [1.29, 1.82) is 0 Å². The minimum Gasteiger partial charge on any atom is -0.481 e. The largest absolute Gasteiger partial charge is 0.481 e. The number of carboxylic acids is 1. The van der Waals surface area contributed by atoms with Crippen molar-refractivity contribution in [2.45, 2.75) is 131 Å². The summed E-state index contributed by atoms with van der Waals surface area (Å²) < 4.78 is 5.86. The highest BCUT2D eigenvalue weighted by molar-refractivity contribution is 7.10. The maximum atomic E-state index is 14.8. The number of thiazole rings is 1. The van der Waals surface area contributed by atoms with Gasteiger partial charge in [-0.25, -0.2) is 10.0 Å². The summed E-state index contributed by atoms with van der Waals surface area (Å²) in [4.78, 5) is 142. The number of anilines is 2. The predicted molar refractivity (Wildman–Crippen MR) is 296 cm³/mol. The van der Waals surface area contributed by atoms with Crippen molar-refractivity contribution in [1.82, 2.24) is 41.5 Å². The number of terminal acetylenes is 1. The number of aliphatic hydroxyl groups excluding tert-OH is 1. The Labute approximate surface area is 471 Å². The third-order valence-corrected chi connectivity index (χ3v) is 14.3. The molecule has 0 radical (unpaired) electrons. The highest BCUT2D eigenvalue weighted by Crippen LogP contribution is 2.35. The summed E-state index contributed by atoms with van der Waals surface area (Å²) >= 11 is 1.10. The summed E-state index contributed by atoms with van der Waals surface area (Å²) in [5.41, 5.74) is 4.95.